The molecule has 0 aromatic carbocycles. The van der Waals surface area contributed by atoms with Crippen molar-refractivity contribution in [1.29, 1.82) is 0 Å². The predicted molar refractivity (Wildman–Crippen MR) is 62.3 cm³/mol. The van der Waals surface area contributed by atoms with Crippen LogP contribution in [-0.4, -0.2) is 18.1 Å². The third-order valence-electron chi connectivity index (χ3n) is 3.21. The predicted octanol–water partition coefficient (Wildman–Crippen LogP) is 3.42. The molecule has 1 unspecified atom stereocenters. The summed E-state index contributed by atoms with van der Waals surface area (Å²) < 4.78 is 0. The van der Waals surface area contributed by atoms with Gasteiger partial charge in [0.05, 0.1) is 0 Å². The van der Waals surface area contributed by atoms with Crippen LogP contribution in [0.5, 0.6) is 0 Å². The van der Waals surface area contributed by atoms with E-state index in [1.165, 1.54) is 19.3 Å². The number of nitrogens with zero attached hydrogens (tertiary/aromatic N) is 2. The Bertz CT molecular complexity index is 309. The fraction of sp³-hybridized carbons (Fsp3) is 0.700. The lowest BCUT2D eigenvalue weighted by Crippen LogP contribution is -2.38. The molecule has 4 heteroatoms. The molecule has 0 bridgehead atoms. The molecule has 0 amide bonds. The Balaban J connectivity index is 2.03. The van der Waals surface area contributed by atoms with Gasteiger partial charge >= 0.3 is 0 Å². The molecule has 0 N–H and O–H groups in total. The third-order valence-corrected chi connectivity index (χ3v) is 4.46. The van der Waals surface area contributed by atoms with Gasteiger partial charge in [-0.15, -0.1) is 11.3 Å². The van der Waals surface area contributed by atoms with Crippen molar-refractivity contribution in [2.45, 2.75) is 32.2 Å². The van der Waals surface area contributed by atoms with Gasteiger partial charge in [-0.2, -0.15) is 0 Å². The van der Waals surface area contributed by atoms with E-state index in [1.807, 2.05) is 5.38 Å². The van der Waals surface area contributed by atoms with E-state index in [2.05, 4.69) is 23.9 Å². The molecular weight excluding hydrogens is 216 g/mol. The highest BCUT2D eigenvalue weighted by Gasteiger charge is 2.27. The number of rotatable bonds is 3. The smallest absolute Gasteiger partial charge is 0.186 e. The van der Waals surface area contributed by atoms with Gasteiger partial charge < -0.3 is 4.90 Å². The summed E-state index contributed by atoms with van der Waals surface area (Å²) in [4.78, 5) is 6.53. The monoisotopic (exact) mass is 230 g/mol. The minimum absolute atomic E-state index is 0.589. The highest BCUT2D eigenvalue weighted by Crippen LogP contribution is 2.34. The number of aromatic nitrogens is 1. The molecule has 1 aromatic rings. The van der Waals surface area contributed by atoms with Crippen LogP contribution in [-0.2, 0) is 0 Å². The minimum atomic E-state index is 0.589. The molecule has 1 aliphatic carbocycles. The molecular formula is C10H15ClN2S. The highest BCUT2D eigenvalue weighted by molar-refractivity contribution is 7.14. The molecule has 2 nitrogen and oxygen atoms in total. The van der Waals surface area contributed by atoms with Crippen molar-refractivity contribution in [2.24, 2.45) is 5.92 Å². The molecule has 0 spiro atoms. The Morgan fingerprint density at radius 1 is 1.64 bits per heavy atom. The van der Waals surface area contributed by atoms with Gasteiger partial charge in [-0.05, 0) is 25.7 Å². The van der Waals surface area contributed by atoms with E-state index in [1.54, 1.807) is 11.3 Å². The van der Waals surface area contributed by atoms with Crippen LogP contribution in [0.3, 0.4) is 0 Å². The fourth-order valence-electron chi connectivity index (χ4n) is 1.82. The largest absolute Gasteiger partial charge is 0.348 e. The zero-order valence-corrected chi connectivity index (χ0v) is 10.1. The molecule has 0 saturated heterocycles. The van der Waals surface area contributed by atoms with Crippen molar-refractivity contribution in [2.75, 3.05) is 11.9 Å². The number of hydrogen-bond donors (Lipinski definition) is 0. The van der Waals surface area contributed by atoms with Crippen LogP contribution in [0.4, 0.5) is 5.13 Å². The van der Waals surface area contributed by atoms with Gasteiger partial charge in [0.15, 0.2) is 5.13 Å². The van der Waals surface area contributed by atoms with E-state index >= 15 is 0 Å². The average Bonchev–Trinajstić information content (AvgIpc) is 2.47. The van der Waals surface area contributed by atoms with Crippen LogP contribution < -0.4 is 4.90 Å². The van der Waals surface area contributed by atoms with Gasteiger partial charge in [0, 0.05) is 18.5 Å². The normalized spacial score (nSPS) is 19.1. The van der Waals surface area contributed by atoms with E-state index in [0.29, 0.717) is 11.2 Å². The molecule has 14 heavy (non-hydrogen) atoms. The van der Waals surface area contributed by atoms with E-state index < -0.39 is 0 Å². The lowest BCUT2D eigenvalue weighted by atomic mass is 9.80. The number of hydrogen-bond acceptors (Lipinski definition) is 3. The zero-order chi connectivity index (χ0) is 10.1. The van der Waals surface area contributed by atoms with Crippen molar-refractivity contribution in [3.63, 3.8) is 0 Å². The second kappa shape index (κ2) is 4.07. The lowest BCUT2D eigenvalue weighted by molar-refractivity contribution is 0.267. The van der Waals surface area contributed by atoms with Crippen molar-refractivity contribution < 1.29 is 0 Å². The Morgan fingerprint density at radius 3 is 2.79 bits per heavy atom. The summed E-state index contributed by atoms with van der Waals surface area (Å²) in [6, 6.07) is 0.589. The van der Waals surface area contributed by atoms with Crippen LogP contribution >= 0.6 is 22.9 Å². The summed E-state index contributed by atoms with van der Waals surface area (Å²) in [6.07, 6.45) is 4.12. The summed E-state index contributed by atoms with van der Waals surface area (Å²) in [7, 11) is 2.11. The fourth-order valence-corrected chi connectivity index (χ4v) is 2.82. The van der Waals surface area contributed by atoms with E-state index in [0.717, 1.165) is 11.0 Å². The van der Waals surface area contributed by atoms with Crippen molar-refractivity contribution >= 4 is 28.1 Å². The maximum atomic E-state index is 5.81. The molecule has 1 saturated carbocycles. The number of thiazole rings is 1. The molecule has 1 heterocycles. The Kier molecular flexibility index (Phi) is 2.98. The van der Waals surface area contributed by atoms with Crippen LogP contribution in [0.2, 0.25) is 5.15 Å². The molecule has 0 radical (unpaired) electrons. The van der Waals surface area contributed by atoms with Crippen LogP contribution in [0.15, 0.2) is 5.38 Å². The summed E-state index contributed by atoms with van der Waals surface area (Å²) in [5.41, 5.74) is 0. The van der Waals surface area contributed by atoms with Crippen LogP contribution in [0.25, 0.3) is 0 Å². The standard InChI is InChI=1S/C10H15ClN2S/c1-7(8-4-3-5-8)13(2)10-12-9(11)6-14-10/h6-8H,3-5H2,1-2H3. The van der Waals surface area contributed by atoms with Gasteiger partial charge in [0.25, 0.3) is 0 Å². The van der Waals surface area contributed by atoms with Gasteiger partial charge in [-0.1, -0.05) is 18.0 Å². The highest BCUT2D eigenvalue weighted by atomic mass is 35.5. The van der Waals surface area contributed by atoms with Gasteiger partial charge in [-0.25, -0.2) is 4.98 Å². The quantitative estimate of drug-likeness (QED) is 0.791. The Morgan fingerprint density at radius 2 is 2.36 bits per heavy atom. The Labute approximate surface area is 93.9 Å². The van der Waals surface area contributed by atoms with Crippen molar-refractivity contribution in [3.05, 3.63) is 10.5 Å². The SMILES string of the molecule is CC(C1CCC1)N(C)c1nc(Cl)cs1. The minimum Gasteiger partial charge on any atom is -0.348 e. The van der Waals surface area contributed by atoms with Gasteiger partial charge in [0.1, 0.15) is 5.15 Å². The summed E-state index contributed by atoms with van der Waals surface area (Å²) >= 11 is 7.43. The van der Waals surface area contributed by atoms with E-state index in [4.69, 9.17) is 11.6 Å². The van der Waals surface area contributed by atoms with Gasteiger partial charge in [-0.3, -0.25) is 0 Å². The van der Waals surface area contributed by atoms with Gasteiger partial charge in [0.2, 0.25) is 0 Å². The average molecular weight is 231 g/mol. The molecule has 0 aliphatic heterocycles. The molecule has 1 atom stereocenters. The molecule has 1 aromatic heterocycles. The second-order valence-corrected chi connectivity index (χ2v) is 5.22. The van der Waals surface area contributed by atoms with E-state index in [9.17, 15) is 0 Å². The first-order valence-electron chi connectivity index (χ1n) is 5.02. The van der Waals surface area contributed by atoms with Crippen LogP contribution in [0.1, 0.15) is 26.2 Å². The van der Waals surface area contributed by atoms with Crippen molar-refractivity contribution in [1.82, 2.24) is 4.98 Å². The molecule has 1 fully saturated rings. The summed E-state index contributed by atoms with van der Waals surface area (Å²) in [6.45, 7) is 2.28. The number of halogens is 1. The topological polar surface area (TPSA) is 16.1 Å². The first-order valence-corrected chi connectivity index (χ1v) is 6.28. The van der Waals surface area contributed by atoms with E-state index in [-0.39, 0.29) is 0 Å². The molecule has 78 valence electrons. The molecule has 2 rings (SSSR count). The van der Waals surface area contributed by atoms with Crippen LogP contribution in [0, 0.1) is 5.92 Å². The lowest BCUT2D eigenvalue weighted by Gasteiger charge is -2.37. The maximum absolute atomic E-state index is 5.81. The number of anilines is 1. The Hall–Kier alpha value is -0.280. The molecule has 1 aliphatic rings. The first-order chi connectivity index (χ1) is 6.68. The zero-order valence-electron chi connectivity index (χ0n) is 8.53. The third kappa shape index (κ3) is 1.89. The second-order valence-electron chi connectivity index (χ2n) is 4.00. The van der Waals surface area contributed by atoms with Crippen molar-refractivity contribution in [3.8, 4) is 0 Å². The summed E-state index contributed by atoms with van der Waals surface area (Å²) in [5.74, 6) is 0.850. The maximum Gasteiger partial charge on any atom is 0.186 e. The first kappa shape index (κ1) is 10.2. The summed E-state index contributed by atoms with van der Waals surface area (Å²) in [5, 5.41) is 3.54.